The van der Waals surface area contributed by atoms with Crippen molar-refractivity contribution in [3.05, 3.63) is 83.2 Å². The molecule has 0 spiro atoms. The molecule has 0 aromatic heterocycles. The van der Waals surface area contributed by atoms with Crippen molar-refractivity contribution in [2.75, 3.05) is 0 Å². The maximum absolute atomic E-state index is 9.72. The molecule has 2 aliphatic rings. The Balaban J connectivity index is 0.00000155. The molecule has 2 heteroatoms. The predicted octanol–water partition coefficient (Wildman–Crippen LogP) is 8.29. The van der Waals surface area contributed by atoms with Crippen molar-refractivity contribution in [3.63, 3.8) is 0 Å². The van der Waals surface area contributed by atoms with Gasteiger partial charge in [0.25, 0.3) is 0 Å². The Kier molecular flexibility index (Phi) is 9.73. The first-order valence-corrected chi connectivity index (χ1v) is 11.4. The Morgan fingerprint density at radius 3 is 2.10 bits per heavy atom. The summed E-state index contributed by atoms with van der Waals surface area (Å²) in [5.41, 5.74) is 5.36. The van der Waals surface area contributed by atoms with Crippen LogP contribution in [0, 0.1) is 11.8 Å². The average molecular weight is 407 g/mol. The summed E-state index contributed by atoms with van der Waals surface area (Å²) in [4.78, 5) is 0. The Labute approximate surface area is 183 Å². The quantitative estimate of drug-likeness (QED) is 0.381. The van der Waals surface area contributed by atoms with Gasteiger partial charge in [-0.15, -0.1) is 0 Å². The highest BCUT2D eigenvalue weighted by Crippen LogP contribution is 2.40. The van der Waals surface area contributed by atoms with E-state index in [1.54, 1.807) is 24.3 Å². The smallest absolute Gasteiger partial charge is 0.115 e. The lowest BCUT2D eigenvalue weighted by molar-refractivity contribution is 0.287. The van der Waals surface area contributed by atoms with Gasteiger partial charge in [-0.25, -0.2) is 0 Å². The van der Waals surface area contributed by atoms with Crippen molar-refractivity contribution in [2.24, 2.45) is 11.8 Å². The first-order chi connectivity index (χ1) is 14.6. The molecule has 2 unspecified atom stereocenters. The lowest BCUT2D eigenvalue weighted by Crippen LogP contribution is -2.19. The van der Waals surface area contributed by atoms with Crippen LogP contribution in [0.1, 0.15) is 71.8 Å². The van der Waals surface area contributed by atoms with Gasteiger partial charge >= 0.3 is 0 Å². The SMILES string of the molecule is CC.C\C=C/C(O)=C\C=C(/C)C1=CCC(C2CC=C(c3ccc(O)cc3)CC2)CC1. The van der Waals surface area contributed by atoms with Crippen molar-refractivity contribution >= 4 is 5.57 Å². The van der Waals surface area contributed by atoms with E-state index in [0.717, 1.165) is 31.1 Å². The Bertz CT molecular complexity index is 819. The van der Waals surface area contributed by atoms with E-state index in [1.807, 2.05) is 45.1 Å². The number of phenols is 1. The highest BCUT2D eigenvalue weighted by molar-refractivity contribution is 5.66. The van der Waals surface area contributed by atoms with Gasteiger partial charge in [0.1, 0.15) is 11.5 Å². The van der Waals surface area contributed by atoms with Crippen LogP contribution in [0.5, 0.6) is 5.75 Å². The Hall–Kier alpha value is -2.48. The normalized spacial score (nSPS) is 22.8. The fourth-order valence-electron chi connectivity index (χ4n) is 4.40. The zero-order valence-electron chi connectivity index (χ0n) is 19.1. The standard InChI is InChI=1S/C26H32O2.C2H6/c1-3-4-25(27)16-5-19(2)20-6-8-21(9-7-20)22-10-12-23(13-11-22)24-14-17-26(28)18-15-24;1-2/h3-6,12,14-18,21-22,27-28H,7-11,13H2,1-2H3;1-2H3/b4-3-,19-5+,25-16+;. The number of hydrogen-bond acceptors (Lipinski definition) is 2. The van der Waals surface area contributed by atoms with Crippen molar-refractivity contribution in [1.29, 1.82) is 0 Å². The summed E-state index contributed by atoms with van der Waals surface area (Å²) < 4.78 is 0. The molecule has 162 valence electrons. The van der Waals surface area contributed by atoms with Crippen LogP contribution in [0.2, 0.25) is 0 Å². The second-order valence-corrected chi connectivity index (χ2v) is 8.02. The van der Waals surface area contributed by atoms with Crippen LogP contribution < -0.4 is 0 Å². The first kappa shape index (κ1) is 23.8. The summed E-state index contributed by atoms with van der Waals surface area (Å²) in [5, 5.41) is 19.2. The van der Waals surface area contributed by atoms with Gasteiger partial charge < -0.3 is 10.2 Å². The molecule has 1 aromatic carbocycles. The molecule has 0 heterocycles. The molecule has 2 nitrogen and oxygen atoms in total. The van der Waals surface area contributed by atoms with Crippen LogP contribution in [-0.4, -0.2) is 10.2 Å². The van der Waals surface area contributed by atoms with E-state index in [9.17, 15) is 10.2 Å². The summed E-state index contributed by atoms with van der Waals surface area (Å²) in [6.07, 6.45) is 19.3. The maximum Gasteiger partial charge on any atom is 0.115 e. The van der Waals surface area contributed by atoms with Crippen LogP contribution in [-0.2, 0) is 0 Å². The number of phenolic OH excluding ortho intramolecular Hbond substituents is 1. The van der Waals surface area contributed by atoms with E-state index in [1.165, 1.54) is 41.5 Å². The van der Waals surface area contributed by atoms with E-state index in [2.05, 4.69) is 19.1 Å². The third kappa shape index (κ3) is 6.79. The average Bonchev–Trinajstić information content (AvgIpc) is 2.80. The molecule has 0 saturated carbocycles. The van der Waals surface area contributed by atoms with Crippen LogP contribution in [0.15, 0.2) is 77.6 Å². The van der Waals surface area contributed by atoms with E-state index >= 15 is 0 Å². The van der Waals surface area contributed by atoms with Gasteiger partial charge in [-0.3, -0.25) is 0 Å². The number of rotatable bonds is 5. The Morgan fingerprint density at radius 2 is 1.57 bits per heavy atom. The van der Waals surface area contributed by atoms with Crippen LogP contribution in [0.4, 0.5) is 0 Å². The molecule has 0 amide bonds. The predicted molar refractivity (Wildman–Crippen MR) is 129 cm³/mol. The molecule has 0 fully saturated rings. The van der Waals surface area contributed by atoms with Crippen molar-refractivity contribution in [3.8, 4) is 5.75 Å². The number of hydrogen-bond donors (Lipinski definition) is 2. The number of aliphatic hydroxyl groups excluding tert-OH is 1. The summed E-state index contributed by atoms with van der Waals surface area (Å²) >= 11 is 0. The second kappa shape index (κ2) is 12.3. The second-order valence-electron chi connectivity index (χ2n) is 8.02. The van der Waals surface area contributed by atoms with Gasteiger partial charge in [-0.1, -0.05) is 50.3 Å². The lowest BCUT2D eigenvalue weighted by Gasteiger charge is -2.32. The van der Waals surface area contributed by atoms with Gasteiger partial charge in [0.15, 0.2) is 0 Å². The molecule has 1 aromatic rings. The molecule has 30 heavy (non-hydrogen) atoms. The first-order valence-electron chi connectivity index (χ1n) is 11.4. The summed E-state index contributed by atoms with van der Waals surface area (Å²) in [5.74, 6) is 2.19. The summed E-state index contributed by atoms with van der Waals surface area (Å²) in [7, 11) is 0. The Morgan fingerprint density at radius 1 is 0.933 bits per heavy atom. The number of aliphatic hydroxyl groups is 1. The van der Waals surface area contributed by atoms with Gasteiger partial charge in [0.2, 0.25) is 0 Å². The molecule has 2 atom stereocenters. The fourth-order valence-corrected chi connectivity index (χ4v) is 4.40. The van der Waals surface area contributed by atoms with Crippen LogP contribution >= 0.6 is 0 Å². The van der Waals surface area contributed by atoms with Crippen LogP contribution in [0.3, 0.4) is 0 Å². The molecule has 0 bridgehead atoms. The number of aromatic hydroxyl groups is 1. The third-order valence-corrected chi connectivity index (χ3v) is 6.16. The van der Waals surface area contributed by atoms with E-state index < -0.39 is 0 Å². The fraction of sp³-hybridized carbons (Fsp3) is 0.429. The molecule has 0 radical (unpaired) electrons. The topological polar surface area (TPSA) is 40.5 Å². The molecule has 2 aliphatic carbocycles. The van der Waals surface area contributed by atoms with Gasteiger partial charge in [0, 0.05) is 0 Å². The molecular formula is C28H38O2. The number of benzene rings is 1. The van der Waals surface area contributed by atoms with E-state index in [4.69, 9.17) is 0 Å². The minimum atomic E-state index is 0.301. The third-order valence-electron chi connectivity index (χ3n) is 6.16. The van der Waals surface area contributed by atoms with Crippen molar-refractivity contribution in [1.82, 2.24) is 0 Å². The molecular weight excluding hydrogens is 368 g/mol. The zero-order valence-corrected chi connectivity index (χ0v) is 19.1. The highest BCUT2D eigenvalue weighted by atomic mass is 16.3. The zero-order chi connectivity index (χ0) is 21.9. The van der Waals surface area contributed by atoms with E-state index in [0.29, 0.717) is 11.5 Å². The largest absolute Gasteiger partial charge is 0.508 e. The van der Waals surface area contributed by atoms with Gasteiger partial charge in [0.05, 0.1) is 0 Å². The highest BCUT2D eigenvalue weighted by Gasteiger charge is 2.26. The van der Waals surface area contributed by atoms with Crippen LogP contribution in [0.25, 0.3) is 5.57 Å². The lowest BCUT2D eigenvalue weighted by atomic mass is 9.73. The van der Waals surface area contributed by atoms with E-state index in [-0.39, 0.29) is 0 Å². The number of allylic oxidation sites excluding steroid dienone is 9. The molecule has 3 rings (SSSR count). The summed E-state index contributed by atoms with van der Waals surface area (Å²) in [6.45, 7) is 8.04. The van der Waals surface area contributed by atoms with Crippen molar-refractivity contribution < 1.29 is 10.2 Å². The minimum absolute atomic E-state index is 0.301. The maximum atomic E-state index is 9.72. The monoisotopic (exact) mass is 406 g/mol. The van der Waals surface area contributed by atoms with Gasteiger partial charge in [-0.2, -0.15) is 0 Å². The molecule has 0 saturated heterocycles. The minimum Gasteiger partial charge on any atom is -0.508 e. The summed E-state index contributed by atoms with van der Waals surface area (Å²) in [6, 6.07) is 7.60. The van der Waals surface area contributed by atoms with Crippen molar-refractivity contribution in [2.45, 2.75) is 66.2 Å². The van der Waals surface area contributed by atoms with Gasteiger partial charge in [-0.05, 0) is 111 Å². The molecule has 2 N–H and O–H groups in total. The molecule has 0 aliphatic heterocycles.